The number of nitrogens with zero attached hydrogens (tertiary/aromatic N) is 2. The lowest BCUT2D eigenvalue weighted by molar-refractivity contribution is 0.0691. The third-order valence-electron chi connectivity index (χ3n) is 3.73. The Bertz CT molecular complexity index is 1040. The third-order valence-corrected chi connectivity index (χ3v) is 5.05. The second-order valence-electron chi connectivity index (χ2n) is 5.45. The van der Waals surface area contributed by atoms with Crippen LogP contribution in [0.3, 0.4) is 0 Å². The summed E-state index contributed by atoms with van der Waals surface area (Å²) in [5.74, 6) is -1.23. The Balaban J connectivity index is 1.97. The van der Waals surface area contributed by atoms with Gasteiger partial charge in [0.15, 0.2) is 0 Å². The molecule has 0 fully saturated rings. The van der Waals surface area contributed by atoms with Crippen molar-refractivity contribution in [3.8, 4) is 5.69 Å². The van der Waals surface area contributed by atoms with E-state index in [2.05, 4.69) is 14.8 Å². The van der Waals surface area contributed by atoms with Crippen LogP contribution in [0.15, 0.2) is 47.5 Å². The summed E-state index contributed by atoms with van der Waals surface area (Å²) in [6.07, 6.45) is 1.14. The standard InChI is InChI=1S/C16H16N4O4S/c1-10-15(11(2)20(18-10)12-6-4-3-5-7-12)19-25(23,24)13-8-14(16(21)22)17-9-13/h3-9,17,19H,1-2H3,(H,21,22). The van der Waals surface area contributed by atoms with Crippen LogP contribution in [0.25, 0.3) is 5.69 Å². The number of carboxylic acids is 1. The van der Waals surface area contributed by atoms with E-state index in [9.17, 15) is 13.2 Å². The molecule has 9 heteroatoms. The zero-order valence-electron chi connectivity index (χ0n) is 13.5. The van der Waals surface area contributed by atoms with Gasteiger partial charge in [0.1, 0.15) is 10.6 Å². The van der Waals surface area contributed by atoms with Crippen molar-refractivity contribution in [3.05, 3.63) is 59.7 Å². The molecule has 0 aliphatic rings. The fourth-order valence-corrected chi connectivity index (χ4v) is 3.63. The number of H-pyrrole nitrogens is 1. The number of hydrogen-bond donors (Lipinski definition) is 3. The highest BCUT2D eigenvalue weighted by Gasteiger charge is 2.22. The van der Waals surface area contributed by atoms with E-state index in [0.29, 0.717) is 17.1 Å². The molecule has 0 spiro atoms. The quantitative estimate of drug-likeness (QED) is 0.645. The normalized spacial score (nSPS) is 11.4. The molecule has 3 N–H and O–H groups in total. The number of aryl methyl sites for hydroxylation is 1. The lowest BCUT2D eigenvalue weighted by Crippen LogP contribution is -2.13. The zero-order chi connectivity index (χ0) is 18.2. The molecule has 3 aromatic rings. The summed E-state index contributed by atoms with van der Waals surface area (Å²) >= 11 is 0. The molecular weight excluding hydrogens is 344 g/mol. The van der Waals surface area contributed by atoms with Crippen LogP contribution >= 0.6 is 0 Å². The second kappa shape index (κ2) is 6.10. The number of aromatic amines is 1. The molecule has 0 saturated carbocycles. The van der Waals surface area contributed by atoms with Gasteiger partial charge >= 0.3 is 5.97 Å². The number of aromatic nitrogens is 3. The maximum Gasteiger partial charge on any atom is 0.352 e. The molecular formula is C16H16N4O4S. The van der Waals surface area contributed by atoms with Crippen LogP contribution < -0.4 is 4.72 Å². The number of carbonyl (C=O) groups is 1. The molecule has 130 valence electrons. The Kier molecular flexibility index (Phi) is 4.09. The van der Waals surface area contributed by atoms with E-state index in [4.69, 9.17) is 5.11 Å². The van der Waals surface area contributed by atoms with Gasteiger partial charge in [-0.2, -0.15) is 5.10 Å². The van der Waals surface area contributed by atoms with Crippen LogP contribution in [0.4, 0.5) is 5.69 Å². The van der Waals surface area contributed by atoms with Gasteiger partial charge in [-0.25, -0.2) is 17.9 Å². The molecule has 0 amide bonds. The summed E-state index contributed by atoms with van der Waals surface area (Å²) in [6.45, 7) is 3.45. The molecule has 25 heavy (non-hydrogen) atoms. The van der Waals surface area contributed by atoms with E-state index in [1.54, 1.807) is 18.5 Å². The van der Waals surface area contributed by atoms with E-state index in [0.717, 1.165) is 18.0 Å². The van der Waals surface area contributed by atoms with Crippen LogP contribution in [-0.2, 0) is 10.0 Å². The van der Waals surface area contributed by atoms with Crippen LogP contribution in [0.1, 0.15) is 21.9 Å². The molecule has 1 aromatic carbocycles. The first-order valence-corrected chi connectivity index (χ1v) is 8.84. The first-order chi connectivity index (χ1) is 11.8. The summed E-state index contributed by atoms with van der Waals surface area (Å²) in [6, 6.07) is 10.4. The number of sulfonamides is 1. The molecule has 0 atom stereocenters. The molecule has 2 aromatic heterocycles. The highest BCUT2D eigenvalue weighted by atomic mass is 32.2. The molecule has 0 aliphatic heterocycles. The number of rotatable bonds is 5. The number of aromatic carboxylic acids is 1. The van der Waals surface area contributed by atoms with Gasteiger partial charge in [-0.3, -0.25) is 4.72 Å². The Labute approximate surface area is 144 Å². The summed E-state index contributed by atoms with van der Waals surface area (Å²) in [5, 5.41) is 13.3. The summed E-state index contributed by atoms with van der Waals surface area (Å²) < 4.78 is 29.2. The Morgan fingerprint density at radius 1 is 1.24 bits per heavy atom. The predicted octanol–water partition coefficient (Wildman–Crippen LogP) is 2.32. The Morgan fingerprint density at radius 3 is 2.52 bits per heavy atom. The second-order valence-corrected chi connectivity index (χ2v) is 7.14. The fraction of sp³-hybridized carbons (Fsp3) is 0.125. The lowest BCUT2D eigenvalue weighted by Gasteiger charge is -2.08. The average Bonchev–Trinajstić information content (AvgIpc) is 3.17. The van der Waals surface area contributed by atoms with Gasteiger partial charge < -0.3 is 10.1 Å². The van der Waals surface area contributed by atoms with E-state index < -0.39 is 16.0 Å². The number of para-hydroxylation sites is 1. The highest BCUT2D eigenvalue weighted by Crippen LogP contribution is 2.25. The Hall–Kier alpha value is -3.07. The smallest absolute Gasteiger partial charge is 0.352 e. The number of nitrogens with one attached hydrogen (secondary N) is 2. The topological polar surface area (TPSA) is 117 Å². The first kappa shape index (κ1) is 16.8. The SMILES string of the molecule is Cc1nn(-c2ccccc2)c(C)c1NS(=O)(=O)c1c[nH]c(C(=O)O)c1. The van der Waals surface area contributed by atoms with Crippen LogP contribution in [0.5, 0.6) is 0 Å². The number of anilines is 1. The highest BCUT2D eigenvalue weighted by molar-refractivity contribution is 7.92. The van der Waals surface area contributed by atoms with Gasteiger partial charge in [0.2, 0.25) is 0 Å². The largest absolute Gasteiger partial charge is 0.477 e. The van der Waals surface area contributed by atoms with E-state index in [-0.39, 0.29) is 10.6 Å². The van der Waals surface area contributed by atoms with Crippen molar-refractivity contribution >= 4 is 21.7 Å². The van der Waals surface area contributed by atoms with Crippen molar-refractivity contribution in [2.75, 3.05) is 4.72 Å². The number of hydrogen-bond acceptors (Lipinski definition) is 4. The van der Waals surface area contributed by atoms with Gasteiger partial charge in [-0.05, 0) is 32.0 Å². The van der Waals surface area contributed by atoms with Gasteiger partial charge in [-0.15, -0.1) is 0 Å². The maximum atomic E-state index is 12.5. The zero-order valence-corrected chi connectivity index (χ0v) is 14.3. The fourth-order valence-electron chi connectivity index (χ4n) is 2.46. The lowest BCUT2D eigenvalue weighted by atomic mass is 10.3. The number of carboxylic acid groups (broad SMARTS) is 1. The van der Waals surface area contributed by atoms with Gasteiger partial charge in [0, 0.05) is 6.20 Å². The maximum absolute atomic E-state index is 12.5. The third kappa shape index (κ3) is 3.13. The van der Waals surface area contributed by atoms with E-state index in [1.165, 1.54) is 0 Å². The van der Waals surface area contributed by atoms with Crippen molar-refractivity contribution in [3.63, 3.8) is 0 Å². The molecule has 0 bridgehead atoms. The minimum atomic E-state index is -3.94. The molecule has 3 rings (SSSR count). The summed E-state index contributed by atoms with van der Waals surface area (Å²) in [5.41, 5.74) is 2.11. The van der Waals surface area contributed by atoms with Gasteiger partial charge in [-0.1, -0.05) is 18.2 Å². The Morgan fingerprint density at radius 2 is 1.92 bits per heavy atom. The van der Waals surface area contributed by atoms with Gasteiger partial charge in [0.05, 0.1) is 22.8 Å². The average molecular weight is 360 g/mol. The van der Waals surface area contributed by atoms with Gasteiger partial charge in [0.25, 0.3) is 10.0 Å². The summed E-state index contributed by atoms with van der Waals surface area (Å²) in [4.78, 5) is 13.2. The van der Waals surface area contributed by atoms with Crippen LogP contribution in [-0.4, -0.2) is 34.3 Å². The molecule has 0 aliphatic carbocycles. The minimum absolute atomic E-state index is 0.156. The predicted molar refractivity (Wildman–Crippen MR) is 91.6 cm³/mol. The van der Waals surface area contributed by atoms with Crippen molar-refractivity contribution in [2.45, 2.75) is 18.7 Å². The van der Waals surface area contributed by atoms with Crippen molar-refractivity contribution in [1.82, 2.24) is 14.8 Å². The first-order valence-electron chi connectivity index (χ1n) is 7.36. The van der Waals surface area contributed by atoms with Crippen molar-refractivity contribution in [1.29, 1.82) is 0 Å². The van der Waals surface area contributed by atoms with E-state index >= 15 is 0 Å². The van der Waals surface area contributed by atoms with Crippen LogP contribution in [0, 0.1) is 13.8 Å². The number of benzene rings is 1. The molecule has 0 radical (unpaired) electrons. The van der Waals surface area contributed by atoms with Crippen molar-refractivity contribution in [2.24, 2.45) is 0 Å². The molecule has 0 unspecified atom stereocenters. The molecule has 0 saturated heterocycles. The van der Waals surface area contributed by atoms with E-state index in [1.807, 2.05) is 30.3 Å². The monoisotopic (exact) mass is 360 g/mol. The summed E-state index contributed by atoms with van der Waals surface area (Å²) in [7, 11) is -3.94. The van der Waals surface area contributed by atoms with Crippen molar-refractivity contribution < 1.29 is 18.3 Å². The minimum Gasteiger partial charge on any atom is -0.477 e. The van der Waals surface area contributed by atoms with Crippen LogP contribution in [0.2, 0.25) is 0 Å². The molecule has 8 nitrogen and oxygen atoms in total. The molecule has 2 heterocycles.